The lowest BCUT2D eigenvalue weighted by atomic mass is 10.1. The molecule has 0 saturated heterocycles. The van der Waals surface area contributed by atoms with Crippen LogP contribution in [0.1, 0.15) is 26.3 Å². The zero-order valence-corrected chi connectivity index (χ0v) is 15.8. The van der Waals surface area contributed by atoms with Gasteiger partial charge < -0.3 is 4.74 Å². The first-order valence-electron chi connectivity index (χ1n) is 8.39. The predicted molar refractivity (Wildman–Crippen MR) is 102 cm³/mol. The Balaban J connectivity index is 1.67. The summed E-state index contributed by atoms with van der Waals surface area (Å²) in [5.41, 5.74) is 2.86. The van der Waals surface area contributed by atoms with Crippen molar-refractivity contribution < 1.29 is 27.5 Å². The molecule has 0 spiro atoms. The van der Waals surface area contributed by atoms with Gasteiger partial charge in [-0.25, -0.2) is 0 Å². The fourth-order valence-electron chi connectivity index (χ4n) is 2.37. The third-order valence-corrected chi connectivity index (χ3v) is 4.14. The molecule has 0 aliphatic heterocycles. The van der Waals surface area contributed by atoms with E-state index in [4.69, 9.17) is 16.3 Å². The summed E-state index contributed by atoms with van der Waals surface area (Å²) in [6, 6.07) is 11.7. The smallest absolute Gasteiger partial charge is 0.416 e. The molecule has 0 saturated carbocycles. The second kappa shape index (κ2) is 8.83. The number of hydrazine groups is 1. The molecule has 2 N–H and O–H groups in total. The van der Waals surface area contributed by atoms with Gasteiger partial charge in [0, 0.05) is 18.0 Å². The average Bonchev–Trinajstić information content (AvgIpc) is 2.72. The topological polar surface area (TPSA) is 80.3 Å². The van der Waals surface area contributed by atoms with Gasteiger partial charge in [-0.3, -0.25) is 25.4 Å². The molecular formula is C20H13ClF3N3O3. The summed E-state index contributed by atoms with van der Waals surface area (Å²) in [7, 11) is 0. The molecule has 10 heteroatoms. The van der Waals surface area contributed by atoms with Gasteiger partial charge in [0.15, 0.2) is 0 Å². The van der Waals surface area contributed by atoms with E-state index in [2.05, 4.69) is 10.4 Å². The predicted octanol–water partition coefficient (Wildman–Crippen LogP) is 4.62. The SMILES string of the molecule is O=C(NNC(=O)c1cc(C(F)(F)F)ccc1Cl)c1cccc(Oc2ccncc2)c1. The number of amides is 2. The number of carbonyl (C=O) groups is 2. The molecule has 0 fully saturated rings. The van der Waals surface area contributed by atoms with E-state index in [-0.39, 0.29) is 10.6 Å². The van der Waals surface area contributed by atoms with Crippen LogP contribution in [0.5, 0.6) is 11.5 Å². The largest absolute Gasteiger partial charge is 0.457 e. The average molecular weight is 436 g/mol. The fraction of sp³-hybridized carbons (Fsp3) is 0.0500. The van der Waals surface area contributed by atoms with E-state index < -0.39 is 29.1 Å². The number of nitrogens with one attached hydrogen (secondary N) is 2. The molecule has 154 valence electrons. The monoisotopic (exact) mass is 435 g/mol. The van der Waals surface area contributed by atoms with Gasteiger partial charge in [0.1, 0.15) is 11.5 Å². The molecule has 2 amide bonds. The van der Waals surface area contributed by atoms with Gasteiger partial charge in [-0.1, -0.05) is 17.7 Å². The molecule has 30 heavy (non-hydrogen) atoms. The zero-order valence-electron chi connectivity index (χ0n) is 15.0. The van der Waals surface area contributed by atoms with Crippen molar-refractivity contribution in [3.8, 4) is 11.5 Å². The first-order valence-corrected chi connectivity index (χ1v) is 8.77. The van der Waals surface area contributed by atoms with Gasteiger partial charge in [-0.15, -0.1) is 0 Å². The van der Waals surface area contributed by atoms with E-state index in [0.717, 1.165) is 12.1 Å². The number of alkyl halides is 3. The lowest BCUT2D eigenvalue weighted by Crippen LogP contribution is -2.41. The van der Waals surface area contributed by atoms with Gasteiger partial charge in [0.05, 0.1) is 16.1 Å². The quantitative estimate of drug-likeness (QED) is 0.586. The Hall–Kier alpha value is -3.59. The van der Waals surface area contributed by atoms with Crippen LogP contribution in [0, 0.1) is 0 Å². The summed E-state index contributed by atoms with van der Waals surface area (Å²) < 4.78 is 44.1. The molecule has 3 aromatic rings. The van der Waals surface area contributed by atoms with Gasteiger partial charge in [0.2, 0.25) is 0 Å². The van der Waals surface area contributed by atoms with Crippen molar-refractivity contribution in [1.29, 1.82) is 0 Å². The Kier molecular flexibility index (Phi) is 6.22. The summed E-state index contributed by atoms with van der Waals surface area (Å²) in [6.07, 6.45) is -1.56. The molecule has 0 aliphatic carbocycles. The third-order valence-electron chi connectivity index (χ3n) is 3.81. The first kappa shape index (κ1) is 21.1. The van der Waals surface area contributed by atoms with Gasteiger partial charge >= 0.3 is 6.18 Å². The molecule has 0 atom stereocenters. The number of benzene rings is 2. The van der Waals surface area contributed by atoms with Crippen molar-refractivity contribution in [3.05, 3.63) is 88.7 Å². The Labute approximate surface area is 173 Å². The number of hydrogen-bond acceptors (Lipinski definition) is 4. The van der Waals surface area contributed by atoms with Crippen LogP contribution in [0.3, 0.4) is 0 Å². The molecule has 1 heterocycles. The number of aromatic nitrogens is 1. The van der Waals surface area contributed by atoms with Crippen LogP contribution in [-0.2, 0) is 6.18 Å². The summed E-state index contributed by atoms with van der Waals surface area (Å²) in [6.45, 7) is 0. The maximum atomic E-state index is 12.8. The normalized spacial score (nSPS) is 10.9. The van der Waals surface area contributed by atoms with Gasteiger partial charge in [-0.2, -0.15) is 13.2 Å². The lowest BCUT2D eigenvalue weighted by Gasteiger charge is -2.12. The molecule has 2 aromatic carbocycles. The molecule has 1 aromatic heterocycles. The Morgan fingerprint density at radius 2 is 1.60 bits per heavy atom. The zero-order chi connectivity index (χ0) is 21.7. The Morgan fingerprint density at radius 3 is 2.30 bits per heavy atom. The van der Waals surface area contributed by atoms with Crippen molar-refractivity contribution in [2.24, 2.45) is 0 Å². The number of ether oxygens (including phenoxy) is 1. The van der Waals surface area contributed by atoms with Crippen molar-refractivity contribution in [3.63, 3.8) is 0 Å². The van der Waals surface area contributed by atoms with Crippen molar-refractivity contribution in [1.82, 2.24) is 15.8 Å². The van der Waals surface area contributed by atoms with E-state index in [0.29, 0.717) is 17.6 Å². The van der Waals surface area contributed by atoms with Crippen molar-refractivity contribution in [2.75, 3.05) is 0 Å². The molecule has 3 rings (SSSR count). The van der Waals surface area contributed by atoms with Crippen molar-refractivity contribution >= 4 is 23.4 Å². The maximum Gasteiger partial charge on any atom is 0.416 e. The number of hydrogen-bond donors (Lipinski definition) is 2. The van der Waals surface area contributed by atoms with Crippen LogP contribution in [0.2, 0.25) is 5.02 Å². The van der Waals surface area contributed by atoms with E-state index in [9.17, 15) is 22.8 Å². The highest BCUT2D eigenvalue weighted by atomic mass is 35.5. The second-order valence-electron chi connectivity index (χ2n) is 5.91. The van der Waals surface area contributed by atoms with E-state index >= 15 is 0 Å². The summed E-state index contributed by atoms with van der Waals surface area (Å²) in [5, 5.41) is -0.192. The summed E-state index contributed by atoms with van der Waals surface area (Å²) >= 11 is 5.81. The Bertz CT molecular complexity index is 1080. The standard InChI is InChI=1S/C20H13ClF3N3O3/c21-17-5-4-13(20(22,23)24)11-16(17)19(29)27-26-18(28)12-2-1-3-15(10-12)30-14-6-8-25-9-7-14/h1-11H,(H,26,28)(H,27,29). The molecular weight excluding hydrogens is 423 g/mol. The van der Waals surface area contributed by atoms with Crippen molar-refractivity contribution in [2.45, 2.75) is 6.18 Å². The lowest BCUT2D eigenvalue weighted by molar-refractivity contribution is -0.137. The summed E-state index contributed by atoms with van der Waals surface area (Å²) in [4.78, 5) is 28.3. The maximum absolute atomic E-state index is 12.8. The van der Waals surface area contributed by atoms with Gasteiger partial charge in [-0.05, 0) is 48.5 Å². The third kappa shape index (κ3) is 5.26. The highest BCUT2D eigenvalue weighted by molar-refractivity contribution is 6.33. The highest BCUT2D eigenvalue weighted by Gasteiger charge is 2.31. The van der Waals surface area contributed by atoms with E-state index in [1.165, 1.54) is 12.1 Å². The minimum atomic E-state index is -4.64. The second-order valence-corrected chi connectivity index (χ2v) is 6.32. The molecule has 0 radical (unpaired) electrons. The first-order chi connectivity index (χ1) is 14.2. The number of pyridine rings is 1. The molecule has 0 aliphatic rings. The highest BCUT2D eigenvalue weighted by Crippen LogP contribution is 2.31. The summed E-state index contributed by atoms with van der Waals surface area (Å²) in [5.74, 6) is -0.827. The molecule has 6 nitrogen and oxygen atoms in total. The van der Waals surface area contributed by atoms with Crippen LogP contribution in [0.25, 0.3) is 0 Å². The number of rotatable bonds is 4. The number of nitrogens with zero attached hydrogens (tertiary/aromatic N) is 1. The van der Waals surface area contributed by atoms with E-state index in [1.54, 1.807) is 36.7 Å². The van der Waals surface area contributed by atoms with E-state index in [1.807, 2.05) is 5.43 Å². The fourth-order valence-corrected chi connectivity index (χ4v) is 2.58. The number of halogens is 4. The van der Waals surface area contributed by atoms with Crippen LogP contribution in [-0.4, -0.2) is 16.8 Å². The minimum absolute atomic E-state index is 0.150. The van der Waals surface area contributed by atoms with Gasteiger partial charge in [0.25, 0.3) is 11.8 Å². The van der Waals surface area contributed by atoms with Crippen LogP contribution in [0.15, 0.2) is 67.0 Å². The Morgan fingerprint density at radius 1 is 0.900 bits per heavy atom. The van der Waals surface area contributed by atoms with Crippen LogP contribution >= 0.6 is 11.6 Å². The minimum Gasteiger partial charge on any atom is -0.457 e. The molecule has 0 bridgehead atoms. The van der Waals surface area contributed by atoms with Crippen LogP contribution < -0.4 is 15.6 Å². The van der Waals surface area contributed by atoms with Crippen LogP contribution in [0.4, 0.5) is 13.2 Å². The number of carbonyl (C=O) groups excluding carboxylic acids is 2. The molecule has 0 unspecified atom stereocenters.